The van der Waals surface area contributed by atoms with Crippen molar-refractivity contribution >= 4 is 5.97 Å². The van der Waals surface area contributed by atoms with E-state index in [-0.39, 0.29) is 16.7 Å². The molecule has 0 radical (unpaired) electrons. The van der Waals surface area contributed by atoms with E-state index >= 15 is 0 Å². The summed E-state index contributed by atoms with van der Waals surface area (Å²) in [6.45, 7) is -0.578. The first-order valence-corrected chi connectivity index (χ1v) is 4.05. The number of nitrogens with zero attached hydrogens (tertiary/aromatic N) is 1. The fraction of sp³-hybridized carbons (Fsp3) is 0.200. The number of esters is 1. The summed E-state index contributed by atoms with van der Waals surface area (Å²) in [5.74, 6) is -1.73. The first-order valence-electron chi connectivity index (χ1n) is 4.05. The Morgan fingerprint density at radius 1 is 1.67 bits per heavy atom. The van der Waals surface area contributed by atoms with Crippen molar-refractivity contribution in [3.05, 3.63) is 34.6 Å². The maximum Gasteiger partial charge on any atom is 0.340 e. The topological polar surface area (TPSA) is 70.3 Å². The molecule has 1 N–H and O–H groups in total. The van der Waals surface area contributed by atoms with Crippen LogP contribution in [-0.2, 0) is 11.3 Å². The standard InChI is InChI=1S/C10H8FNO3/c1-15-10(14)8-3-6(4-12)2-7(5-13)9(8)11/h2-3,13H,5H2,1H3. The number of ether oxygens (including phenoxy) is 1. The van der Waals surface area contributed by atoms with Gasteiger partial charge < -0.3 is 9.84 Å². The molecule has 0 heterocycles. The van der Waals surface area contributed by atoms with Crippen LogP contribution in [0.2, 0.25) is 0 Å². The van der Waals surface area contributed by atoms with Crippen LogP contribution in [0.3, 0.4) is 0 Å². The van der Waals surface area contributed by atoms with Gasteiger partial charge in [0.2, 0.25) is 0 Å². The molecule has 15 heavy (non-hydrogen) atoms. The van der Waals surface area contributed by atoms with Gasteiger partial charge in [-0.1, -0.05) is 0 Å². The zero-order valence-electron chi connectivity index (χ0n) is 7.95. The number of nitriles is 1. The third-order valence-corrected chi connectivity index (χ3v) is 1.85. The minimum Gasteiger partial charge on any atom is -0.465 e. The van der Waals surface area contributed by atoms with Crippen molar-refractivity contribution in [1.82, 2.24) is 0 Å². The van der Waals surface area contributed by atoms with Gasteiger partial charge in [-0.05, 0) is 12.1 Å². The van der Waals surface area contributed by atoms with Crippen molar-refractivity contribution in [3.8, 4) is 6.07 Å². The van der Waals surface area contributed by atoms with Gasteiger partial charge in [0.05, 0.1) is 30.9 Å². The molecule has 0 aliphatic carbocycles. The number of carbonyl (C=O) groups excluding carboxylic acids is 1. The van der Waals surface area contributed by atoms with Crippen molar-refractivity contribution < 1.29 is 19.0 Å². The molecule has 1 rings (SSSR count). The highest BCUT2D eigenvalue weighted by atomic mass is 19.1. The fourth-order valence-corrected chi connectivity index (χ4v) is 1.12. The van der Waals surface area contributed by atoms with E-state index in [2.05, 4.69) is 4.74 Å². The zero-order chi connectivity index (χ0) is 11.4. The molecule has 0 atom stereocenters. The van der Waals surface area contributed by atoms with Gasteiger partial charge in [0, 0.05) is 5.56 Å². The highest BCUT2D eigenvalue weighted by Gasteiger charge is 2.16. The van der Waals surface area contributed by atoms with Gasteiger partial charge in [0.1, 0.15) is 5.82 Å². The van der Waals surface area contributed by atoms with E-state index in [1.54, 1.807) is 6.07 Å². The summed E-state index contributed by atoms with van der Waals surface area (Å²) in [6.07, 6.45) is 0. The molecule has 0 amide bonds. The zero-order valence-corrected chi connectivity index (χ0v) is 7.95. The molecule has 0 unspecified atom stereocenters. The average molecular weight is 209 g/mol. The van der Waals surface area contributed by atoms with E-state index in [9.17, 15) is 9.18 Å². The van der Waals surface area contributed by atoms with E-state index in [1.807, 2.05) is 0 Å². The first kappa shape index (κ1) is 11.1. The number of hydrogen-bond donors (Lipinski definition) is 1. The average Bonchev–Trinajstić information content (AvgIpc) is 2.28. The molecule has 78 valence electrons. The molecule has 1 aromatic carbocycles. The van der Waals surface area contributed by atoms with E-state index in [0.717, 1.165) is 13.2 Å². The summed E-state index contributed by atoms with van der Waals surface area (Å²) < 4.78 is 17.8. The van der Waals surface area contributed by atoms with Crippen molar-refractivity contribution in [2.45, 2.75) is 6.61 Å². The lowest BCUT2D eigenvalue weighted by molar-refractivity contribution is 0.0595. The summed E-state index contributed by atoms with van der Waals surface area (Å²) in [6, 6.07) is 4.03. The van der Waals surface area contributed by atoms with Crippen LogP contribution < -0.4 is 0 Å². The second-order valence-corrected chi connectivity index (χ2v) is 2.76. The predicted octanol–water partition coefficient (Wildman–Crippen LogP) is 0.976. The van der Waals surface area contributed by atoms with Crippen molar-refractivity contribution in [1.29, 1.82) is 5.26 Å². The molecular weight excluding hydrogens is 201 g/mol. The molecule has 0 bridgehead atoms. The Bertz CT molecular complexity index is 437. The van der Waals surface area contributed by atoms with Crippen LogP contribution in [0.1, 0.15) is 21.5 Å². The van der Waals surface area contributed by atoms with Gasteiger partial charge in [-0.25, -0.2) is 9.18 Å². The van der Waals surface area contributed by atoms with Crippen LogP contribution in [0.15, 0.2) is 12.1 Å². The summed E-state index contributed by atoms with van der Waals surface area (Å²) in [5.41, 5.74) is -0.351. The number of aliphatic hydroxyl groups excluding tert-OH is 1. The minimum absolute atomic E-state index is 0.0980. The van der Waals surface area contributed by atoms with E-state index < -0.39 is 18.4 Å². The monoisotopic (exact) mass is 209 g/mol. The van der Waals surface area contributed by atoms with Gasteiger partial charge in [-0.15, -0.1) is 0 Å². The van der Waals surface area contributed by atoms with E-state index in [0.29, 0.717) is 0 Å². The molecular formula is C10H8FNO3. The molecule has 0 fully saturated rings. The lowest BCUT2D eigenvalue weighted by Crippen LogP contribution is -2.07. The third-order valence-electron chi connectivity index (χ3n) is 1.85. The molecule has 0 spiro atoms. The second-order valence-electron chi connectivity index (χ2n) is 2.76. The number of halogens is 1. The highest BCUT2D eigenvalue weighted by Crippen LogP contribution is 2.17. The molecule has 0 saturated carbocycles. The lowest BCUT2D eigenvalue weighted by Gasteiger charge is -2.05. The Labute approximate surface area is 85.5 Å². The molecule has 0 aromatic heterocycles. The smallest absolute Gasteiger partial charge is 0.340 e. The van der Waals surface area contributed by atoms with Crippen LogP contribution in [0.5, 0.6) is 0 Å². The summed E-state index contributed by atoms with van der Waals surface area (Å²) >= 11 is 0. The summed E-state index contributed by atoms with van der Waals surface area (Å²) in [5, 5.41) is 17.4. The lowest BCUT2D eigenvalue weighted by atomic mass is 10.1. The SMILES string of the molecule is COC(=O)c1cc(C#N)cc(CO)c1F. The molecule has 0 aliphatic heterocycles. The summed E-state index contributed by atoms with van der Waals surface area (Å²) in [7, 11) is 1.11. The van der Waals surface area contributed by atoms with Gasteiger partial charge in [0.25, 0.3) is 0 Å². The molecule has 4 nitrogen and oxygen atoms in total. The third kappa shape index (κ3) is 2.11. The largest absolute Gasteiger partial charge is 0.465 e. The van der Waals surface area contributed by atoms with Crippen molar-refractivity contribution in [2.75, 3.05) is 7.11 Å². The maximum absolute atomic E-state index is 13.5. The van der Waals surface area contributed by atoms with E-state index in [4.69, 9.17) is 10.4 Å². The number of aliphatic hydroxyl groups is 1. The minimum atomic E-state index is -0.876. The molecule has 0 saturated heterocycles. The molecule has 0 aliphatic rings. The van der Waals surface area contributed by atoms with Crippen LogP contribution in [0.25, 0.3) is 0 Å². The predicted molar refractivity (Wildman–Crippen MR) is 48.4 cm³/mol. The van der Waals surface area contributed by atoms with Crippen LogP contribution in [0, 0.1) is 17.1 Å². The Morgan fingerprint density at radius 3 is 2.80 bits per heavy atom. The van der Waals surface area contributed by atoms with Crippen LogP contribution in [0.4, 0.5) is 4.39 Å². The number of carbonyl (C=O) groups is 1. The fourth-order valence-electron chi connectivity index (χ4n) is 1.12. The van der Waals surface area contributed by atoms with Gasteiger partial charge in [-0.2, -0.15) is 5.26 Å². The number of methoxy groups -OCH3 is 1. The number of hydrogen-bond acceptors (Lipinski definition) is 4. The van der Waals surface area contributed by atoms with Gasteiger partial charge in [-0.3, -0.25) is 0 Å². The number of rotatable bonds is 2. The van der Waals surface area contributed by atoms with Gasteiger partial charge in [0.15, 0.2) is 0 Å². The molecule has 5 heteroatoms. The van der Waals surface area contributed by atoms with Crippen molar-refractivity contribution in [2.24, 2.45) is 0 Å². The molecule has 1 aromatic rings. The first-order chi connectivity index (χ1) is 7.13. The highest BCUT2D eigenvalue weighted by molar-refractivity contribution is 5.90. The number of benzene rings is 1. The van der Waals surface area contributed by atoms with Crippen LogP contribution in [-0.4, -0.2) is 18.2 Å². The Kier molecular flexibility index (Phi) is 3.37. The Hall–Kier alpha value is -1.93. The van der Waals surface area contributed by atoms with Gasteiger partial charge >= 0.3 is 5.97 Å². The normalized spacial score (nSPS) is 9.47. The van der Waals surface area contributed by atoms with E-state index in [1.165, 1.54) is 6.07 Å². The second kappa shape index (κ2) is 4.53. The Balaban J connectivity index is 3.38. The quantitative estimate of drug-likeness (QED) is 0.737. The maximum atomic E-state index is 13.5. The Morgan fingerprint density at radius 2 is 2.33 bits per heavy atom. The summed E-state index contributed by atoms with van der Waals surface area (Å²) in [4.78, 5) is 11.1. The van der Waals surface area contributed by atoms with Crippen molar-refractivity contribution in [3.63, 3.8) is 0 Å². The van der Waals surface area contributed by atoms with Crippen LogP contribution >= 0.6 is 0 Å².